The van der Waals surface area contributed by atoms with Crippen molar-refractivity contribution in [3.8, 4) is 33.8 Å². The average molecular weight is 552 g/mol. The van der Waals surface area contributed by atoms with E-state index in [1.54, 1.807) is 30.1 Å². The molecule has 0 bridgehead atoms. The summed E-state index contributed by atoms with van der Waals surface area (Å²) in [5.41, 5.74) is 4.16. The number of hydrogen-bond donors (Lipinski definition) is 2. The van der Waals surface area contributed by atoms with Crippen molar-refractivity contribution in [3.63, 3.8) is 0 Å². The average Bonchev–Trinajstić information content (AvgIpc) is 3.33. The summed E-state index contributed by atoms with van der Waals surface area (Å²) < 4.78 is 26.4. The van der Waals surface area contributed by atoms with Crippen molar-refractivity contribution in [2.45, 2.75) is 13.0 Å². The first-order valence-corrected chi connectivity index (χ1v) is 12.7. The van der Waals surface area contributed by atoms with Gasteiger partial charge in [0.15, 0.2) is 0 Å². The molecule has 5 rings (SSSR count). The lowest BCUT2D eigenvalue weighted by Gasteiger charge is -2.15. The zero-order valence-corrected chi connectivity index (χ0v) is 22.2. The van der Waals surface area contributed by atoms with Crippen molar-refractivity contribution in [1.82, 2.24) is 9.78 Å². The number of benzene rings is 4. The molecule has 0 saturated heterocycles. The predicted molar refractivity (Wildman–Crippen MR) is 152 cm³/mol. The summed E-state index contributed by atoms with van der Waals surface area (Å²) in [5.74, 6) is -0.996. The van der Waals surface area contributed by atoms with Crippen LogP contribution in [0.4, 0.5) is 15.0 Å². The molecular weight excluding hydrogens is 525 g/mol. The molecule has 1 aromatic heterocycles. The van der Waals surface area contributed by atoms with Gasteiger partial charge >= 0.3 is 12.1 Å². The van der Waals surface area contributed by atoms with Crippen LogP contribution in [0.5, 0.6) is 11.5 Å². The Labute approximate surface area is 235 Å². The number of anilines is 1. The van der Waals surface area contributed by atoms with E-state index < -0.39 is 24.0 Å². The SMILES string of the molecule is C[C@@H](OC(=O)Nc1c(-c2ccc(-c3ccc(Oc4cc(F)ccc4C(=O)O)cc3)cc2)cnn1C)c1ccccc1. The van der Waals surface area contributed by atoms with Gasteiger partial charge in [0, 0.05) is 18.7 Å². The Morgan fingerprint density at radius 3 is 2.20 bits per heavy atom. The summed E-state index contributed by atoms with van der Waals surface area (Å²) >= 11 is 0. The van der Waals surface area contributed by atoms with Crippen LogP contribution in [0.15, 0.2) is 103 Å². The number of halogens is 1. The number of nitrogens with zero attached hydrogens (tertiary/aromatic N) is 2. The number of carboxylic acids is 1. The molecule has 8 nitrogen and oxygen atoms in total. The molecule has 9 heteroatoms. The van der Waals surface area contributed by atoms with Gasteiger partial charge < -0.3 is 14.6 Å². The lowest BCUT2D eigenvalue weighted by atomic mass is 10.0. The first kappa shape index (κ1) is 27.1. The van der Waals surface area contributed by atoms with Gasteiger partial charge in [0.1, 0.15) is 34.8 Å². The van der Waals surface area contributed by atoms with Crippen LogP contribution in [0.25, 0.3) is 22.3 Å². The summed E-state index contributed by atoms with van der Waals surface area (Å²) in [5, 5.41) is 16.4. The minimum atomic E-state index is -1.21. The van der Waals surface area contributed by atoms with Gasteiger partial charge in [0.25, 0.3) is 0 Å². The maximum Gasteiger partial charge on any atom is 0.413 e. The Hall–Kier alpha value is -5.44. The van der Waals surface area contributed by atoms with E-state index in [4.69, 9.17) is 9.47 Å². The van der Waals surface area contributed by atoms with Crippen LogP contribution in [-0.2, 0) is 11.8 Å². The number of hydrogen-bond acceptors (Lipinski definition) is 5. The fourth-order valence-corrected chi connectivity index (χ4v) is 4.32. The summed E-state index contributed by atoms with van der Waals surface area (Å²) in [6, 6.07) is 27.5. The predicted octanol–water partition coefficient (Wildman–Crippen LogP) is 7.69. The molecule has 41 heavy (non-hydrogen) atoms. The van der Waals surface area contributed by atoms with Gasteiger partial charge in [-0.1, -0.05) is 66.7 Å². The van der Waals surface area contributed by atoms with Crippen LogP contribution in [0, 0.1) is 5.82 Å². The Morgan fingerprint density at radius 1 is 0.902 bits per heavy atom. The van der Waals surface area contributed by atoms with Gasteiger partial charge in [-0.25, -0.2) is 14.0 Å². The molecule has 0 spiro atoms. The third-order valence-electron chi connectivity index (χ3n) is 6.50. The van der Waals surface area contributed by atoms with Crippen LogP contribution in [0.3, 0.4) is 0 Å². The molecule has 0 radical (unpaired) electrons. The zero-order chi connectivity index (χ0) is 28.9. The number of carboxylic acid groups (broad SMARTS) is 1. The third kappa shape index (κ3) is 6.25. The number of nitrogens with one attached hydrogen (secondary N) is 1. The van der Waals surface area contributed by atoms with E-state index in [0.717, 1.165) is 39.9 Å². The number of aryl methyl sites for hydroxylation is 1. The monoisotopic (exact) mass is 551 g/mol. The molecule has 2 N–H and O–H groups in total. The fourth-order valence-electron chi connectivity index (χ4n) is 4.32. The van der Waals surface area contributed by atoms with Gasteiger partial charge in [-0.2, -0.15) is 5.10 Å². The summed E-state index contributed by atoms with van der Waals surface area (Å²) in [7, 11) is 1.74. The van der Waals surface area contributed by atoms with E-state index >= 15 is 0 Å². The first-order chi connectivity index (χ1) is 19.8. The zero-order valence-electron chi connectivity index (χ0n) is 22.2. The second-order valence-electron chi connectivity index (χ2n) is 9.26. The Morgan fingerprint density at radius 2 is 1.54 bits per heavy atom. The highest BCUT2D eigenvalue weighted by Gasteiger charge is 2.18. The Balaban J connectivity index is 1.28. The van der Waals surface area contributed by atoms with Gasteiger partial charge in [-0.3, -0.25) is 10.00 Å². The number of carbonyl (C=O) groups excluding carboxylic acids is 1. The van der Waals surface area contributed by atoms with Gasteiger partial charge in [-0.05, 0) is 53.4 Å². The van der Waals surface area contributed by atoms with Crippen LogP contribution in [0.1, 0.15) is 28.9 Å². The summed E-state index contributed by atoms with van der Waals surface area (Å²) in [6.07, 6.45) is 0.672. The van der Waals surface area contributed by atoms with Crippen molar-refractivity contribution in [3.05, 3.63) is 120 Å². The van der Waals surface area contributed by atoms with Crippen LogP contribution >= 0.6 is 0 Å². The maximum atomic E-state index is 13.7. The quantitative estimate of drug-likeness (QED) is 0.205. The molecule has 0 fully saturated rings. The summed E-state index contributed by atoms with van der Waals surface area (Å²) in [6.45, 7) is 1.81. The maximum absolute atomic E-state index is 13.7. The standard InChI is InChI=1S/C32H26FN3O5/c1-20(21-6-4-3-5-7-21)40-32(39)35-30-28(19-34-36(30)2)24-10-8-22(9-11-24)23-12-15-26(16-13-23)41-29-18-25(33)14-17-27(29)31(37)38/h3-20H,1-2H3,(H,35,39)(H,37,38)/t20-/m1/s1. The Kier molecular flexibility index (Phi) is 7.78. The van der Waals surface area contributed by atoms with Crippen LogP contribution in [-0.4, -0.2) is 26.9 Å². The second kappa shape index (κ2) is 11.7. The molecule has 0 aliphatic carbocycles. The number of carbonyl (C=O) groups is 2. The van der Waals surface area contributed by atoms with Gasteiger partial charge in [0.2, 0.25) is 0 Å². The fraction of sp³-hybridized carbons (Fsp3) is 0.0938. The molecule has 1 atom stereocenters. The molecule has 1 heterocycles. The van der Waals surface area contributed by atoms with Crippen LogP contribution in [0.2, 0.25) is 0 Å². The topological polar surface area (TPSA) is 103 Å². The highest BCUT2D eigenvalue weighted by Crippen LogP contribution is 2.32. The molecule has 0 aliphatic heterocycles. The van der Waals surface area contributed by atoms with E-state index in [1.807, 2.05) is 73.7 Å². The number of aromatic carboxylic acids is 1. The molecule has 0 unspecified atom stereocenters. The number of rotatable bonds is 8. The molecule has 5 aromatic rings. The molecule has 0 aliphatic rings. The van der Waals surface area contributed by atoms with E-state index in [-0.39, 0.29) is 11.3 Å². The van der Waals surface area contributed by atoms with Crippen molar-refractivity contribution in [1.29, 1.82) is 0 Å². The second-order valence-corrected chi connectivity index (χ2v) is 9.26. The van der Waals surface area contributed by atoms with E-state index in [1.165, 1.54) is 6.07 Å². The summed E-state index contributed by atoms with van der Waals surface area (Å²) in [4.78, 5) is 24.1. The molecular formula is C32H26FN3O5. The highest BCUT2D eigenvalue weighted by atomic mass is 19.1. The van der Waals surface area contributed by atoms with E-state index in [9.17, 15) is 19.1 Å². The van der Waals surface area contributed by atoms with Gasteiger partial charge in [-0.15, -0.1) is 0 Å². The Bertz CT molecular complexity index is 1680. The lowest BCUT2D eigenvalue weighted by molar-refractivity contribution is 0.0694. The van der Waals surface area contributed by atoms with Crippen molar-refractivity contribution >= 4 is 17.9 Å². The highest BCUT2D eigenvalue weighted by molar-refractivity contribution is 5.91. The minimum Gasteiger partial charge on any atom is -0.478 e. The lowest BCUT2D eigenvalue weighted by Crippen LogP contribution is -2.18. The van der Waals surface area contributed by atoms with Crippen molar-refractivity contribution in [2.24, 2.45) is 7.05 Å². The number of ether oxygens (including phenoxy) is 2. The van der Waals surface area contributed by atoms with E-state index in [0.29, 0.717) is 11.6 Å². The minimum absolute atomic E-state index is 0.0751. The third-order valence-corrected chi connectivity index (χ3v) is 6.50. The number of amides is 1. The smallest absolute Gasteiger partial charge is 0.413 e. The first-order valence-electron chi connectivity index (χ1n) is 12.7. The van der Waals surface area contributed by atoms with Gasteiger partial charge in [0.05, 0.1) is 6.20 Å². The largest absolute Gasteiger partial charge is 0.478 e. The number of aromatic nitrogens is 2. The van der Waals surface area contributed by atoms with Crippen molar-refractivity contribution in [2.75, 3.05) is 5.32 Å². The molecule has 4 aromatic carbocycles. The molecule has 1 amide bonds. The molecule has 0 saturated carbocycles. The van der Waals surface area contributed by atoms with Crippen molar-refractivity contribution < 1.29 is 28.6 Å². The normalized spacial score (nSPS) is 11.5. The van der Waals surface area contributed by atoms with E-state index in [2.05, 4.69) is 10.4 Å². The molecule has 206 valence electrons. The van der Waals surface area contributed by atoms with Crippen LogP contribution < -0.4 is 10.1 Å².